The zero-order valence-electron chi connectivity index (χ0n) is 13.1. The van der Waals surface area contributed by atoms with Gasteiger partial charge in [-0.1, -0.05) is 5.16 Å². The van der Waals surface area contributed by atoms with Gasteiger partial charge in [-0.2, -0.15) is 4.98 Å². The maximum absolute atomic E-state index is 11.9. The van der Waals surface area contributed by atoms with Gasteiger partial charge in [-0.25, -0.2) is 0 Å². The van der Waals surface area contributed by atoms with Crippen molar-refractivity contribution in [3.8, 4) is 11.4 Å². The van der Waals surface area contributed by atoms with Crippen molar-refractivity contribution in [3.63, 3.8) is 0 Å². The molecule has 23 heavy (non-hydrogen) atoms. The quantitative estimate of drug-likeness (QED) is 0.808. The maximum atomic E-state index is 11.9. The van der Waals surface area contributed by atoms with Gasteiger partial charge >= 0.3 is 0 Å². The summed E-state index contributed by atoms with van der Waals surface area (Å²) in [6.45, 7) is 2.91. The van der Waals surface area contributed by atoms with Crippen molar-refractivity contribution in [1.29, 1.82) is 0 Å². The molecule has 1 saturated heterocycles. The van der Waals surface area contributed by atoms with Crippen molar-refractivity contribution >= 4 is 5.91 Å². The number of hydrogen-bond acceptors (Lipinski definition) is 6. The first-order chi connectivity index (χ1) is 11.3. The van der Waals surface area contributed by atoms with E-state index in [1.54, 1.807) is 18.6 Å². The van der Waals surface area contributed by atoms with E-state index in [1.165, 1.54) is 12.8 Å². The van der Waals surface area contributed by atoms with Crippen LogP contribution in [-0.4, -0.2) is 35.7 Å². The van der Waals surface area contributed by atoms with E-state index < -0.39 is 0 Å². The Morgan fingerprint density at radius 1 is 1.48 bits per heavy atom. The van der Waals surface area contributed by atoms with Gasteiger partial charge in [-0.15, -0.1) is 0 Å². The lowest BCUT2D eigenvalue weighted by atomic mass is 9.96. The van der Waals surface area contributed by atoms with Gasteiger partial charge in [0.15, 0.2) is 0 Å². The molecule has 1 fully saturated rings. The Balaban J connectivity index is 1.35. The van der Waals surface area contributed by atoms with Crippen LogP contribution in [-0.2, 0) is 11.2 Å². The Kier molecular flexibility index (Phi) is 5.42. The fourth-order valence-corrected chi connectivity index (χ4v) is 2.76. The largest absolute Gasteiger partial charge is 0.472 e. The summed E-state index contributed by atoms with van der Waals surface area (Å²) >= 11 is 0. The van der Waals surface area contributed by atoms with E-state index in [0.717, 1.165) is 31.6 Å². The maximum Gasteiger partial charge on any atom is 0.227 e. The number of nitrogens with zero attached hydrogens (tertiary/aromatic N) is 2. The number of aryl methyl sites for hydroxylation is 1. The topological polar surface area (TPSA) is 93.2 Å². The van der Waals surface area contributed by atoms with Crippen LogP contribution in [0.15, 0.2) is 27.5 Å². The van der Waals surface area contributed by atoms with Gasteiger partial charge in [-0.05, 0) is 44.3 Å². The van der Waals surface area contributed by atoms with Gasteiger partial charge in [0.1, 0.15) is 6.26 Å². The van der Waals surface area contributed by atoms with Gasteiger partial charge in [0, 0.05) is 19.4 Å². The van der Waals surface area contributed by atoms with E-state index in [1.807, 2.05) is 0 Å². The summed E-state index contributed by atoms with van der Waals surface area (Å²) in [4.78, 5) is 16.1. The molecule has 0 aliphatic carbocycles. The zero-order valence-corrected chi connectivity index (χ0v) is 13.1. The highest BCUT2D eigenvalue weighted by Crippen LogP contribution is 2.16. The van der Waals surface area contributed by atoms with E-state index in [0.29, 0.717) is 30.5 Å². The number of carbonyl (C=O) groups is 1. The molecule has 0 radical (unpaired) electrons. The summed E-state index contributed by atoms with van der Waals surface area (Å²) in [7, 11) is 0. The molecule has 2 aromatic heterocycles. The second kappa shape index (κ2) is 7.92. The molecule has 1 aliphatic rings. The minimum atomic E-state index is 0.0248. The molecule has 0 spiro atoms. The highest BCUT2D eigenvalue weighted by molar-refractivity contribution is 5.75. The standard InChI is InChI=1S/C16H22N4O3/c21-14(18-8-5-12-2-1-7-17-10-12)3-4-15-19-16(20-23-15)13-6-9-22-11-13/h6,9,11-12,17H,1-5,7-8,10H2,(H,18,21). The van der Waals surface area contributed by atoms with Crippen molar-refractivity contribution in [2.45, 2.75) is 32.1 Å². The molecule has 0 aromatic carbocycles. The van der Waals surface area contributed by atoms with E-state index >= 15 is 0 Å². The zero-order chi connectivity index (χ0) is 15.9. The highest BCUT2D eigenvalue weighted by atomic mass is 16.5. The van der Waals surface area contributed by atoms with Crippen molar-refractivity contribution in [2.75, 3.05) is 19.6 Å². The van der Waals surface area contributed by atoms with Gasteiger partial charge < -0.3 is 19.6 Å². The van der Waals surface area contributed by atoms with Crippen LogP contribution < -0.4 is 10.6 Å². The first-order valence-electron chi connectivity index (χ1n) is 8.14. The van der Waals surface area contributed by atoms with Gasteiger partial charge in [0.05, 0.1) is 11.8 Å². The average molecular weight is 318 g/mol. The van der Waals surface area contributed by atoms with E-state index in [4.69, 9.17) is 8.94 Å². The summed E-state index contributed by atoms with van der Waals surface area (Å²) in [6.07, 6.45) is 7.43. The van der Waals surface area contributed by atoms with Crippen molar-refractivity contribution < 1.29 is 13.7 Å². The third-order valence-electron chi connectivity index (χ3n) is 4.09. The van der Waals surface area contributed by atoms with Gasteiger partial charge in [0.2, 0.25) is 17.6 Å². The van der Waals surface area contributed by atoms with Crippen molar-refractivity contribution in [3.05, 3.63) is 24.5 Å². The molecule has 2 aromatic rings. The fraction of sp³-hybridized carbons (Fsp3) is 0.562. The number of amides is 1. The van der Waals surface area contributed by atoms with E-state index in [9.17, 15) is 4.79 Å². The molecule has 3 heterocycles. The normalized spacial score (nSPS) is 18.0. The first kappa shape index (κ1) is 15.7. The van der Waals surface area contributed by atoms with Crippen LogP contribution in [0.5, 0.6) is 0 Å². The number of carbonyl (C=O) groups excluding carboxylic acids is 1. The van der Waals surface area contributed by atoms with E-state index in [2.05, 4.69) is 20.8 Å². The van der Waals surface area contributed by atoms with Gasteiger partial charge in [-0.3, -0.25) is 4.79 Å². The molecule has 1 aliphatic heterocycles. The number of furan rings is 1. The van der Waals surface area contributed by atoms with Crippen LogP contribution in [0, 0.1) is 5.92 Å². The van der Waals surface area contributed by atoms with Crippen molar-refractivity contribution in [2.24, 2.45) is 5.92 Å². The summed E-state index contributed by atoms with van der Waals surface area (Å²) in [5.74, 6) is 1.65. The van der Waals surface area contributed by atoms with Gasteiger partial charge in [0.25, 0.3) is 0 Å². The molecule has 1 atom stereocenters. The third kappa shape index (κ3) is 4.66. The lowest BCUT2D eigenvalue weighted by molar-refractivity contribution is -0.121. The number of nitrogens with one attached hydrogen (secondary N) is 2. The molecule has 7 heteroatoms. The number of piperidine rings is 1. The Morgan fingerprint density at radius 2 is 2.43 bits per heavy atom. The average Bonchev–Trinajstić information content (AvgIpc) is 3.25. The molecule has 7 nitrogen and oxygen atoms in total. The first-order valence-corrected chi connectivity index (χ1v) is 8.14. The molecule has 0 saturated carbocycles. The molecule has 3 rings (SSSR count). The second-order valence-corrected chi connectivity index (χ2v) is 5.87. The molecule has 1 amide bonds. The summed E-state index contributed by atoms with van der Waals surface area (Å²) < 4.78 is 10.1. The SMILES string of the molecule is O=C(CCc1nc(-c2ccoc2)no1)NCCC1CCCNC1. The lowest BCUT2D eigenvalue weighted by Crippen LogP contribution is -2.33. The molecule has 0 bridgehead atoms. The Bertz CT molecular complexity index is 603. The Labute approximate surface area is 134 Å². The van der Waals surface area contributed by atoms with Crippen LogP contribution in [0.25, 0.3) is 11.4 Å². The van der Waals surface area contributed by atoms with Crippen LogP contribution in [0.2, 0.25) is 0 Å². The van der Waals surface area contributed by atoms with Crippen LogP contribution in [0.1, 0.15) is 31.6 Å². The lowest BCUT2D eigenvalue weighted by Gasteiger charge is -2.22. The summed E-state index contributed by atoms with van der Waals surface area (Å²) in [5, 5.41) is 10.2. The van der Waals surface area contributed by atoms with Crippen LogP contribution in [0.4, 0.5) is 0 Å². The molecule has 124 valence electrons. The third-order valence-corrected chi connectivity index (χ3v) is 4.09. The molecular formula is C16H22N4O3. The highest BCUT2D eigenvalue weighted by Gasteiger charge is 2.14. The fourth-order valence-electron chi connectivity index (χ4n) is 2.76. The Morgan fingerprint density at radius 3 is 3.22 bits per heavy atom. The van der Waals surface area contributed by atoms with Crippen molar-refractivity contribution in [1.82, 2.24) is 20.8 Å². The molecular weight excluding hydrogens is 296 g/mol. The molecule has 2 N–H and O–H groups in total. The predicted molar refractivity (Wildman–Crippen MR) is 83.5 cm³/mol. The predicted octanol–water partition coefficient (Wildman–Crippen LogP) is 1.77. The van der Waals surface area contributed by atoms with Crippen LogP contribution in [0.3, 0.4) is 0 Å². The summed E-state index contributed by atoms with van der Waals surface area (Å²) in [5.41, 5.74) is 0.769. The smallest absolute Gasteiger partial charge is 0.227 e. The minimum absolute atomic E-state index is 0.0248. The minimum Gasteiger partial charge on any atom is -0.472 e. The Hall–Kier alpha value is -2.15. The summed E-state index contributed by atoms with van der Waals surface area (Å²) in [6, 6.07) is 1.77. The monoisotopic (exact) mass is 318 g/mol. The molecule has 1 unspecified atom stereocenters. The van der Waals surface area contributed by atoms with E-state index in [-0.39, 0.29) is 5.91 Å². The number of rotatable bonds is 7. The second-order valence-electron chi connectivity index (χ2n) is 5.87. The number of aromatic nitrogens is 2. The van der Waals surface area contributed by atoms with Crippen LogP contribution >= 0.6 is 0 Å². The number of hydrogen-bond donors (Lipinski definition) is 2.